The number of hydrogen-bond donors (Lipinski definition) is 1. The van der Waals surface area contributed by atoms with Crippen LogP contribution in [-0.2, 0) is 11.3 Å². The van der Waals surface area contributed by atoms with Crippen molar-refractivity contribution in [3.05, 3.63) is 90.0 Å². The predicted octanol–water partition coefficient (Wildman–Crippen LogP) is 4.66. The summed E-state index contributed by atoms with van der Waals surface area (Å²) >= 11 is 1.36. The molecule has 162 valence electrons. The fraction of sp³-hybridized carbons (Fsp3) is 0.160. The van der Waals surface area contributed by atoms with Crippen molar-refractivity contribution in [1.29, 1.82) is 0 Å². The van der Waals surface area contributed by atoms with Gasteiger partial charge < -0.3 is 10.1 Å². The highest BCUT2D eigenvalue weighted by Crippen LogP contribution is 2.28. The second kappa shape index (κ2) is 10.2. The number of benzene rings is 3. The van der Waals surface area contributed by atoms with Gasteiger partial charge in [-0.25, -0.2) is 0 Å². The number of rotatable bonds is 8. The molecule has 0 atom stereocenters. The summed E-state index contributed by atoms with van der Waals surface area (Å²) in [5.41, 5.74) is 4.00. The van der Waals surface area contributed by atoms with Gasteiger partial charge >= 0.3 is 0 Å². The van der Waals surface area contributed by atoms with E-state index in [1.807, 2.05) is 84.3 Å². The Morgan fingerprint density at radius 3 is 2.56 bits per heavy atom. The number of amides is 1. The Bertz CT molecular complexity index is 1210. The standard InChI is InChI=1S/C25H24N4O2S/c1-18-9-8-13-21(15-18)29-24(19-10-4-3-5-11-19)27-28-25(29)32-17-23(30)26-16-20-12-6-7-14-22(20)31-2/h3-15H,16-17H2,1-2H3,(H,26,30). The minimum Gasteiger partial charge on any atom is -0.496 e. The highest BCUT2D eigenvalue weighted by atomic mass is 32.2. The Morgan fingerprint density at radius 2 is 1.78 bits per heavy atom. The van der Waals surface area contributed by atoms with Gasteiger partial charge in [0.05, 0.1) is 12.9 Å². The molecule has 1 heterocycles. The summed E-state index contributed by atoms with van der Waals surface area (Å²) in [4.78, 5) is 12.5. The summed E-state index contributed by atoms with van der Waals surface area (Å²) in [5, 5.41) is 12.4. The summed E-state index contributed by atoms with van der Waals surface area (Å²) in [6, 6.07) is 25.7. The molecule has 0 aliphatic heterocycles. The molecule has 32 heavy (non-hydrogen) atoms. The Labute approximate surface area is 191 Å². The summed E-state index contributed by atoms with van der Waals surface area (Å²) in [6.07, 6.45) is 0. The lowest BCUT2D eigenvalue weighted by molar-refractivity contribution is -0.118. The second-order valence-electron chi connectivity index (χ2n) is 7.22. The van der Waals surface area contributed by atoms with Gasteiger partial charge in [-0.2, -0.15) is 0 Å². The lowest BCUT2D eigenvalue weighted by atomic mass is 10.2. The van der Waals surface area contributed by atoms with E-state index in [9.17, 15) is 4.79 Å². The summed E-state index contributed by atoms with van der Waals surface area (Å²) in [5.74, 6) is 1.65. The van der Waals surface area contributed by atoms with Crippen molar-refractivity contribution in [2.45, 2.75) is 18.6 Å². The van der Waals surface area contributed by atoms with Crippen LogP contribution in [0, 0.1) is 6.92 Å². The molecule has 4 aromatic rings. The van der Waals surface area contributed by atoms with Crippen LogP contribution in [0.1, 0.15) is 11.1 Å². The smallest absolute Gasteiger partial charge is 0.230 e. The number of nitrogens with zero attached hydrogens (tertiary/aromatic N) is 3. The van der Waals surface area contributed by atoms with Crippen molar-refractivity contribution < 1.29 is 9.53 Å². The van der Waals surface area contributed by atoms with E-state index in [4.69, 9.17) is 4.74 Å². The van der Waals surface area contributed by atoms with Gasteiger partial charge in [-0.1, -0.05) is 72.4 Å². The van der Waals surface area contributed by atoms with Crippen LogP contribution in [0.25, 0.3) is 17.1 Å². The zero-order valence-electron chi connectivity index (χ0n) is 18.0. The quantitative estimate of drug-likeness (QED) is 0.400. The average Bonchev–Trinajstić information content (AvgIpc) is 3.26. The molecule has 1 aromatic heterocycles. The number of carbonyl (C=O) groups excluding carboxylic acids is 1. The molecule has 0 saturated carbocycles. The maximum absolute atomic E-state index is 12.5. The van der Waals surface area contributed by atoms with E-state index in [1.165, 1.54) is 11.8 Å². The third-order valence-electron chi connectivity index (χ3n) is 4.93. The number of methoxy groups -OCH3 is 1. The maximum Gasteiger partial charge on any atom is 0.230 e. The number of aromatic nitrogens is 3. The predicted molar refractivity (Wildman–Crippen MR) is 127 cm³/mol. The molecule has 1 N–H and O–H groups in total. The van der Waals surface area contributed by atoms with Crippen LogP contribution in [-0.4, -0.2) is 33.5 Å². The van der Waals surface area contributed by atoms with E-state index in [0.29, 0.717) is 11.7 Å². The van der Waals surface area contributed by atoms with Gasteiger partial charge in [-0.15, -0.1) is 10.2 Å². The largest absolute Gasteiger partial charge is 0.496 e. The molecule has 0 unspecified atom stereocenters. The first-order valence-electron chi connectivity index (χ1n) is 10.2. The number of carbonyl (C=O) groups is 1. The fourth-order valence-electron chi connectivity index (χ4n) is 3.36. The molecule has 0 spiro atoms. The first kappa shape index (κ1) is 21.6. The first-order valence-corrected chi connectivity index (χ1v) is 11.2. The molecular formula is C25H24N4O2S. The zero-order chi connectivity index (χ0) is 22.3. The monoisotopic (exact) mass is 444 g/mol. The van der Waals surface area contributed by atoms with Crippen LogP contribution >= 0.6 is 11.8 Å². The SMILES string of the molecule is COc1ccccc1CNC(=O)CSc1nnc(-c2ccccc2)n1-c1cccc(C)c1. The molecule has 0 fully saturated rings. The van der Waals surface area contributed by atoms with Gasteiger partial charge in [0, 0.05) is 23.4 Å². The number of ether oxygens (including phenoxy) is 1. The molecule has 1 amide bonds. The van der Waals surface area contributed by atoms with Crippen molar-refractivity contribution in [3.63, 3.8) is 0 Å². The second-order valence-corrected chi connectivity index (χ2v) is 8.17. The van der Waals surface area contributed by atoms with Crippen molar-refractivity contribution in [2.75, 3.05) is 12.9 Å². The molecule has 6 nitrogen and oxygen atoms in total. The normalized spacial score (nSPS) is 10.7. The Hall–Kier alpha value is -3.58. The highest BCUT2D eigenvalue weighted by molar-refractivity contribution is 7.99. The Morgan fingerprint density at radius 1 is 1.00 bits per heavy atom. The summed E-state index contributed by atoms with van der Waals surface area (Å²) in [6.45, 7) is 2.46. The third kappa shape index (κ3) is 5.00. The van der Waals surface area contributed by atoms with E-state index in [1.54, 1.807) is 7.11 Å². The first-order chi connectivity index (χ1) is 15.7. The van der Waals surface area contributed by atoms with Gasteiger partial charge in [0.2, 0.25) is 5.91 Å². The maximum atomic E-state index is 12.5. The number of thioether (sulfide) groups is 1. The summed E-state index contributed by atoms with van der Waals surface area (Å²) < 4.78 is 7.35. The van der Waals surface area contributed by atoms with Crippen molar-refractivity contribution in [1.82, 2.24) is 20.1 Å². The van der Waals surface area contributed by atoms with Crippen LogP contribution in [0.4, 0.5) is 0 Å². The number of para-hydroxylation sites is 1. The Kier molecular flexibility index (Phi) is 6.87. The Balaban J connectivity index is 1.52. The number of hydrogen-bond acceptors (Lipinski definition) is 5. The van der Waals surface area contributed by atoms with E-state index >= 15 is 0 Å². The van der Waals surface area contributed by atoms with E-state index < -0.39 is 0 Å². The molecule has 4 rings (SSSR count). The number of nitrogens with one attached hydrogen (secondary N) is 1. The highest BCUT2D eigenvalue weighted by Gasteiger charge is 2.17. The molecular weight excluding hydrogens is 420 g/mol. The van der Waals surface area contributed by atoms with Gasteiger partial charge in [0.15, 0.2) is 11.0 Å². The van der Waals surface area contributed by atoms with Gasteiger partial charge in [-0.3, -0.25) is 9.36 Å². The lowest BCUT2D eigenvalue weighted by Gasteiger charge is -2.12. The topological polar surface area (TPSA) is 69.0 Å². The third-order valence-corrected chi connectivity index (χ3v) is 5.86. The van der Waals surface area contributed by atoms with Crippen molar-refractivity contribution in [3.8, 4) is 22.8 Å². The minimum atomic E-state index is -0.0824. The zero-order valence-corrected chi connectivity index (χ0v) is 18.8. The molecule has 0 bridgehead atoms. The van der Waals surface area contributed by atoms with E-state index in [0.717, 1.165) is 34.0 Å². The van der Waals surface area contributed by atoms with E-state index in [2.05, 4.69) is 21.6 Å². The van der Waals surface area contributed by atoms with Gasteiger partial charge in [0.1, 0.15) is 5.75 Å². The minimum absolute atomic E-state index is 0.0824. The molecule has 0 saturated heterocycles. The van der Waals surface area contributed by atoms with Crippen LogP contribution in [0.5, 0.6) is 5.75 Å². The van der Waals surface area contributed by atoms with Crippen LogP contribution in [0.2, 0.25) is 0 Å². The van der Waals surface area contributed by atoms with Crippen molar-refractivity contribution in [2.24, 2.45) is 0 Å². The molecule has 0 aliphatic carbocycles. The molecule has 0 radical (unpaired) electrons. The average molecular weight is 445 g/mol. The lowest BCUT2D eigenvalue weighted by Crippen LogP contribution is -2.25. The molecule has 7 heteroatoms. The van der Waals surface area contributed by atoms with Crippen molar-refractivity contribution >= 4 is 17.7 Å². The van der Waals surface area contributed by atoms with Crippen LogP contribution in [0.15, 0.2) is 84.0 Å². The van der Waals surface area contributed by atoms with Gasteiger partial charge in [0.25, 0.3) is 0 Å². The van der Waals surface area contributed by atoms with Crippen LogP contribution in [0.3, 0.4) is 0 Å². The number of aryl methyl sites for hydroxylation is 1. The van der Waals surface area contributed by atoms with Crippen LogP contribution < -0.4 is 10.1 Å². The fourth-order valence-corrected chi connectivity index (χ4v) is 4.14. The molecule has 0 aliphatic rings. The van der Waals surface area contributed by atoms with E-state index in [-0.39, 0.29) is 11.7 Å². The molecule has 3 aromatic carbocycles. The summed E-state index contributed by atoms with van der Waals surface area (Å²) in [7, 11) is 1.62. The van der Waals surface area contributed by atoms with Gasteiger partial charge in [-0.05, 0) is 30.7 Å².